The van der Waals surface area contributed by atoms with Gasteiger partial charge in [-0.3, -0.25) is 4.79 Å². The minimum absolute atomic E-state index is 0.0500. The van der Waals surface area contributed by atoms with Gasteiger partial charge < -0.3 is 16.0 Å². The molecule has 0 aliphatic carbocycles. The SMILES string of the molecule is Cc1c(C(F)F)nnc2sc(C(=O)NC3CN(c4ncc(C(F)(F)F)cn4)C3)c(N)c12. The van der Waals surface area contributed by atoms with E-state index in [1.807, 2.05) is 0 Å². The van der Waals surface area contributed by atoms with Crippen LogP contribution < -0.4 is 16.0 Å². The van der Waals surface area contributed by atoms with Crippen LogP contribution >= 0.6 is 11.3 Å². The first-order chi connectivity index (χ1) is 14.6. The second kappa shape index (κ2) is 7.51. The highest BCUT2D eigenvalue weighted by Gasteiger charge is 2.34. The third-order valence-electron chi connectivity index (χ3n) is 4.81. The first-order valence-electron chi connectivity index (χ1n) is 8.84. The Balaban J connectivity index is 1.44. The number of nitrogens with zero attached hydrogens (tertiary/aromatic N) is 5. The van der Waals surface area contributed by atoms with Crippen LogP contribution in [0.1, 0.15) is 32.9 Å². The average Bonchev–Trinajstić information content (AvgIpc) is 3.01. The Labute approximate surface area is 175 Å². The minimum Gasteiger partial charge on any atom is -0.397 e. The van der Waals surface area contributed by atoms with E-state index in [2.05, 4.69) is 25.5 Å². The Bertz CT molecular complexity index is 1140. The van der Waals surface area contributed by atoms with Crippen LogP contribution in [0.3, 0.4) is 0 Å². The van der Waals surface area contributed by atoms with Gasteiger partial charge in [-0.05, 0) is 12.5 Å². The molecule has 0 aromatic carbocycles. The number of halogens is 5. The van der Waals surface area contributed by atoms with Crippen molar-refractivity contribution in [3.05, 3.63) is 34.1 Å². The molecule has 1 aliphatic heterocycles. The molecule has 0 bridgehead atoms. The molecule has 1 saturated heterocycles. The van der Waals surface area contributed by atoms with Crippen LogP contribution in [0, 0.1) is 6.92 Å². The molecule has 8 nitrogen and oxygen atoms in total. The highest BCUT2D eigenvalue weighted by Crippen LogP contribution is 2.37. The minimum atomic E-state index is -4.52. The monoisotopic (exact) mass is 459 g/mol. The summed E-state index contributed by atoms with van der Waals surface area (Å²) in [5, 5.41) is 10.3. The van der Waals surface area contributed by atoms with Gasteiger partial charge in [-0.25, -0.2) is 18.7 Å². The fraction of sp³-hybridized carbons (Fsp3) is 0.353. The lowest BCUT2D eigenvalue weighted by atomic mass is 10.1. The summed E-state index contributed by atoms with van der Waals surface area (Å²) in [6.07, 6.45) is -5.94. The van der Waals surface area contributed by atoms with Crippen LogP contribution in [0.15, 0.2) is 12.4 Å². The molecule has 1 amide bonds. The maximum atomic E-state index is 13.0. The van der Waals surface area contributed by atoms with E-state index in [0.29, 0.717) is 12.4 Å². The molecule has 1 fully saturated rings. The molecular weight excluding hydrogens is 445 g/mol. The van der Waals surface area contributed by atoms with Crippen molar-refractivity contribution < 1.29 is 26.7 Å². The first kappa shape index (κ1) is 21.1. The highest BCUT2D eigenvalue weighted by molar-refractivity contribution is 7.21. The molecule has 4 rings (SSSR count). The summed E-state index contributed by atoms with van der Waals surface area (Å²) in [5.41, 5.74) is 4.81. The van der Waals surface area contributed by atoms with Crippen molar-refractivity contribution in [3.8, 4) is 0 Å². The zero-order chi connectivity index (χ0) is 22.5. The Hall–Kier alpha value is -3.16. The molecule has 0 radical (unpaired) electrons. The van der Waals surface area contributed by atoms with Crippen molar-refractivity contribution >= 4 is 39.1 Å². The second-order valence-corrected chi connectivity index (χ2v) is 7.88. The van der Waals surface area contributed by atoms with Gasteiger partial charge in [-0.15, -0.1) is 21.5 Å². The number of hydrogen-bond acceptors (Lipinski definition) is 8. The molecule has 14 heteroatoms. The number of nitrogens with two attached hydrogens (primary N) is 1. The second-order valence-electron chi connectivity index (χ2n) is 6.88. The van der Waals surface area contributed by atoms with Crippen LogP contribution in [0.2, 0.25) is 0 Å². The van der Waals surface area contributed by atoms with Crippen LogP contribution in [-0.2, 0) is 6.18 Å². The first-order valence-corrected chi connectivity index (χ1v) is 9.66. The lowest BCUT2D eigenvalue weighted by Crippen LogP contribution is -2.59. The van der Waals surface area contributed by atoms with Crippen molar-refractivity contribution in [2.24, 2.45) is 0 Å². The van der Waals surface area contributed by atoms with Gasteiger partial charge in [-0.1, -0.05) is 0 Å². The number of nitrogen functional groups attached to an aromatic ring is 1. The van der Waals surface area contributed by atoms with Gasteiger partial charge in [0.25, 0.3) is 12.3 Å². The third-order valence-corrected chi connectivity index (χ3v) is 5.90. The number of anilines is 2. The molecule has 0 atom stereocenters. The maximum absolute atomic E-state index is 13.0. The van der Waals surface area contributed by atoms with E-state index in [1.54, 1.807) is 4.90 Å². The molecular formula is C17H14F5N7OS. The maximum Gasteiger partial charge on any atom is 0.419 e. The van der Waals surface area contributed by atoms with Crippen molar-refractivity contribution in [2.75, 3.05) is 23.7 Å². The smallest absolute Gasteiger partial charge is 0.397 e. The van der Waals surface area contributed by atoms with Crippen LogP contribution in [0.25, 0.3) is 10.2 Å². The van der Waals surface area contributed by atoms with E-state index in [1.165, 1.54) is 6.92 Å². The Morgan fingerprint density at radius 3 is 2.48 bits per heavy atom. The molecule has 31 heavy (non-hydrogen) atoms. The number of carbonyl (C=O) groups is 1. The zero-order valence-corrected chi connectivity index (χ0v) is 16.6. The van der Waals surface area contributed by atoms with Crippen LogP contribution in [0.4, 0.5) is 33.6 Å². The molecule has 0 saturated carbocycles. The molecule has 164 valence electrons. The van der Waals surface area contributed by atoms with Gasteiger partial charge in [-0.2, -0.15) is 13.2 Å². The summed E-state index contributed by atoms with van der Waals surface area (Å²) in [6.45, 7) is 2.02. The summed E-state index contributed by atoms with van der Waals surface area (Å²) in [5.74, 6) is -0.387. The van der Waals surface area contributed by atoms with Crippen molar-refractivity contribution in [1.82, 2.24) is 25.5 Å². The number of hydrogen-bond donors (Lipinski definition) is 2. The number of fused-ring (bicyclic) bond motifs is 1. The molecule has 0 spiro atoms. The van der Waals surface area contributed by atoms with Gasteiger partial charge >= 0.3 is 6.18 Å². The number of aromatic nitrogens is 4. The Morgan fingerprint density at radius 1 is 1.26 bits per heavy atom. The van der Waals surface area contributed by atoms with E-state index in [9.17, 15) is 26.7 Å². The van der Waals surface area contributed by atoms with E-state index in [-0.39, 0.29) is 51.4 Å². The molecule has 0 unspecified atom stereocenters. The standard InChI is InChI=1S/C17H14F5N7OS/c1-6-9-10(23)12(31-15(9)28-27-11(6)13(18)19)14(30)26-8-4-29(5-8)16-24-2-7(3-25-16)17(20,21)22/h2-3,8,13H,4-5,23H2,1H3,(H,26,30). The fourth-order valence-electron chi connectivity index (χ4n) is 3.16. The van der Waals surface area contributed by atoms with Crippen molar-refractivity contribution in [2.45, 2.75) is 25.6 Å². The quantitative estimate of drug-likeness (QED) is 0.578. The third kappa shape index (κ3) is 3.82. The number of alkyl halides is 5. The molecule has 3 aromatic rings. The number of rotatable bonds is 4. The molecule has 1 aliphatic rings. The summed E-state index contributed by atoms with van der Waals surface area (Å²) in [4.78, 5) is 22.0. The molecule has 3 N–H and O–H groups in total. The van der Waals surface area contributed by atoms with E-state index in [4.69, 9.17) is 5.73 Å². The topological polar surface area (TPSA) is 110 Å². The van der Waals surface area contributed by atoms with E-state index >= 15 is 0 Å². The lowest BCUT2D eigenvalue weighted by molar-refractivity contribution is -0.138. The summed E-state index contributed by atoms with van der Waals surface area (Å²) >= 11 is 0.944. The van der Waals surface area contributed by atoms with Gasteiger partial charge in [0, 0.05) is 30.9 Å². The predicted molar refractivity (Wildman–Crippen MR) is 102 cm³/mol. The fourth-order valence-corrected chi connectivity index (χ4v) is 4.16. The molecule has 3 aromatic heterocycles. The normalized spacial score (nSPS) is 14.9. The number of amides is 1. The highest BCUT2D eigenvalue weighted by atomic mass is 32.1. The van der Waals surface area contributed by atoms with E-state index < -0.39 is 29.8 Å². The summed E-state index contributed by atoms with van der Waals surface area (Å²) in [6, 6.07) is -0.313. The van der Waals surface area contributed by atoms with Crippen LogP contribution in [0.5, 0.6) is 0 Å². The number of aryl methyl sites for hydroxylation is 1. The lowest BCUT2D eigenvalue weighted by Gasteiger charge is -2.39. The number of carbonyl (C=O) groups excluding carboxylic acids is 1. The summed E-state index contributed by atoms with van der Waals surface area (Å²) < 4.78 is 63.8. The van der Waals surface area contributed by atoms with Gasteiger partial charge in [0.15, 0.2) is 0 Å². The van der Waals surface area contributed by atoms with E-state index in [0.717, 1.165) is 11.3 Å². The largest absolute Gasteiger partial charge is 0.419 e. The van der Waals surface area contributed by atoms with Crippen LogP contribution in [-0.4, -0.2) is 45.2 Å². The number of thiophene rings is 1. The summed E-state index contributed by atoms with van der Waals surface area (Å²) in [7, 11) is 0. The average molecular weight is 459 g/mol. The van der Waals surface area contributed by atoms with Gasteiger partial charge in [0.05, 0.1) is 17.3 Å². The molecule has 4 heterocycles. The Kier molecular flexibility index (Phi) is 5.11. The van der Waals surface area contributed by atoms with Crippen molar-refractivity contribution in [1.29, 1.82) is 0 Å². The van der Waals surface area contributed by atoms with Gasteiger partial charge in [0.2, 0.25) is 5.95 Å². The predicted octanol–water partition coefficient (Wildman–Crippen LogP) is 2.95. The zero-order valence-electron chi connectivity index (χ0n) is 15.7. The number of nitrogens with one attached hydrogen (secondary N) is 1. The van der Waals surface area contributed by atoms with Crippen molar-refractivity contribution in [3.63, 3.8) is 0 Å². The Morgan fingerprint density at radius 2 is 1.90 bits per heavy atom. The van der Waals surface area contributed by atoms with Gasteiger partial charge in [0.1, 0.15) is 15.4 Å².